The molecule has 0 fully saturated rings. The van der Waals surface area contributed by atoms with E-state index in [2.05, 4.69) is 4.98 Å². The van der Waals surface area contributed by atoms with Crippen LogP contribution in [-0.2, 0) is 9.47 Å². The van der Waals surface area contributed by atoms with Gasteiger partial charge in [0.1, 0.15) is 0 Å². The normalized spacial score (nSPS) is 10.6. The second-order valence-electron chi connectivity index (χ2n) is 4.24. The van der Waals surface area contributed by atoms with E-state index in [4.69, 9.17) is 15.2 Å². The standard InChI is InChI=1S/C14H22FN3O3/c1-3-20-9-7-18(8-10-21-4-2)14(19)11-5-6-17-13(16)12(11)15/h5-6H,3-4,7-10H2,1-2H3,(H2,16,17). The highest BCUT2D eigenvalue weighted by Crippen LogP contribution is 2.14. The fourth-order valence-corrected chi connectivity index (χ4v) is 1.75. The number of halogens is 1. The van der Waals surface area contributed by atoms with Crippen LogP contribution in [0.4, 0.5) is 10.2 Å². The Morgan fingerprint density at radius 1 is 1.29 bits per heavy atom. The summed E-state index contributed by atoms with van der Waals surface area (Å²) in [5, 5.41) is 0. The lowest BCUT2D eigenvalue weighted by Gasteiger charge is -2.23. The van der Waals surface area contributed by atoms with Gasteiger partial charge in [-0.2, -0.15) is 0 Å². The number of ether oxygens (including phenoxy) is 2. The van der Waals surface area contributed by atoms with Crippen molar-refractivity contribution in [3.05, 3.63) is 23.6 Å². The van der Waals surface area contributed by atoms with Crippen molar-refractivity contribution in [2.75, 3.05) is 45.3 Å². The molecule has 0 spiro atoms. The Morgan fingerprint density at radius 3 is 2.38 bits per heavy atom. The Bertz CT molecular complexity index is 447. The van der Waals surface area contributed by atoms with E-state index in [1.165, 1.54) is 17.2 Å². The predicted octanol–water partition coefficient (Wildman–Crippen LogP) is 1.32. The van der Waals surface area contributed by atoms with Crippen molar-refractivity contribution >= 4 is 11.7 Å². The second kappa shape index (κ2) is 9.25. The lowest BCUT2D eigenvalue weighted by Crippen LogP contribution is -2.37. The zero-order valence-electron chi connectivity index (χ0n) is 12.5. The molecule has 0 aliphatic rings. The Morgan fingerprint density at radius 2 is 1.86 bits per heavy atom. The summed E-state index contributed by atoms with van der Waals surface area (Å²) in [5.74, 6) is -1.52. The lowest BCUT2D eigenvalue weighted by molar-refractivity contribution is 0.0546. The van der Waals surface area contributed by atoms with Crippen LogP contribution in [-0.4, -0.2) is 55.3 Å². The highest BCUT2D eigenvalue weighted by Gasteiger charge is 2.20. The molecule has 0 atom stereocenters. The molecule has 0 bridgehead atoms. The number of anilines is 1. The first-order valence-corrected chi connectivity index (χ1v) is 6.96. The predicted molar refractivity (Wildman–Crippen MR) is 77.5 cm³/mol. The summed E-state index contributed by atoms with van der Waals surface area (Å²) in [6, 6.07) is 1.32. The highest BCUT2D eigenvalue weighted by molar-refractivity contribution is 5.95. The number of hydrogen-bond acceptors (Lipinski definition) is 5. The van der Waals surface area contributed by atoms with Crippen molar-refractivity contribution in [3.8, 4) is 0 Å². The van der Waals surface area contributed by atoms with E-state index in [0.717, 1.165) is 0 Å². The number of nitrogens with zero attached hydrogens (tertiary/aromatic N) is 2. The SMILES string of the molecule is CCOCCN(CCOCC)C(=O)c1ccnc(N)c1F. The van der Waals surface area contributed by atoms with Gasteiger partial charge in [0.15, 0.2) is 11.6 Å². The van der Waals surface area contributed by atoms with Gasteiger partial charge in [-0.1, -0.05) is 0 Å². The number of pyridine rings is 1. The quantitative estimate of drug-likeness (QED) is 0.696. The molecule has 0 aliphatic heterocycles. The van der Waals surface area contributed by atoms with Crippen LogP contribution in [0.1, 0.15) is 24.2 Å². The fourth-order valence-electron chi connectivity index (χ4n) is 1.75. The molecule has 1 rings (SSSR count). The minimum atomic E-state index is -0.791. The monoisotopic (exact) mass is 299 g/mol. The third-order valence-electron chi connectivity index (χ3n) is 2.85. The largest absolute Gasteiger partial charge is 0.381 e. The van der Waals surface area contributed by atoms with Crippen molar-refractivity contribution in [2.45, 2.75) is 13.8 Å². The molecule has 0 unspecified atom stereocenters. The number of aromatic nitrogens is 1. The number of rotatable bonds is 9. The van der Waals surface area contributed by atoms with Gasteiger partial charge in [0.2, 0.25) is 0 Å². The maximum atomic E-state index is 13.9. The van der Waals surface area contributed by atoms with Gasteiger partial charge in [0, 0.05) is 32.5 Å². The summed E-state index contributed by atoms with van der Waals surface area (Å²) in [6.45, 7) is 6.36. The van der Waals surface area contributed by atoms with Crippen LogP contribution in [0, 0.1) is 5.82 Å². The molecule has 0 saturated carbocycles. The van der Waals surface area contributed by atoms with E-state index >= 15 is 0 Å². The van der Waals surface area contributed by atoms with Crippen molar-refractivity contribution in [3.63, 3.8) is 0 Å². The minimum Gasteiger partial charge on any atom is -0.381 e. The van der Waals surface area contributed by atoms with Gasteiger partial charge in [-0.3, -0.25) is 4.79 Å². The molecule has 7 heteroatoms. The minimum absolute atomic E-state index is 0.0875. The molecule has 1 aromatic heterocycles. The fraction of sp³-hybridized carbons (Fsp3) is 0.571. The molecule has 2 N–H and O–H groups in total. The summed E-state index contributed by atoms with van der Waals surface area (Å²) in [5.41, 5.74) is 5.31. The molecule has 1 heterocycles. The van der Waals surface area contributed by atoms with Gasteiger partial charge >= 0.3 is 0 Å². The van der Waals surface area contributed by atoms with Crippen LogP contribution in [0.3, 0.4) is 0 Å². The smallest absolute Gasteiger partial charge is 0.257 e. The maximum absolute atomic E-state index is 13.9. The van der Waals surface area contributed by atoms with E-state index in [0.29, 0.717) is 39.5 Å². The molecular weight excluding hydrogens is 277 g/mol. The number of nitrogen functional groups attached to an aromatic ring is 1. The molecule has 0 radical (unpaired) electrons. The third kappa shape index (κ3) is 5.28. The zero-order chi connectivity index (χ0) is 15.7. The van der Waals surface area contributed by atoms with Gasteiger partial charge in [-0.05, 0) is 19.9 Å². The average molecular weight is 299 g/mol. The van der Waals surface area contributed by atoms with Crippen LogP contribution in [0.15, 0.2) is 12.3 Å². The molecule has 118 valence electrons. The zero-order valence-corrected chi connectivity index (χ0v) is 12.5. The number of carbonyl (C=O) groups excluding carboxylic acids is 1. The van der Waals surface area contributed by atoms with Gasteiger partial charge < -0.3 is 20.1 Å². The summed E-state index contributed by atoms with van der Waals surface area (Å²) >= 11 is 0. The number of amides is 1. The van der Waals surface area contributed by atoms with E-state index in [1.807, 2.05) is 13.8 Å². The number of nitrogens with two attached hydrogens (primary N) is 1. The van der Waals surface area contributed by atoms with Crippen LogP contribution < -0.4 is 5.73 Å². The van der Waals surface area contributed by atoms with Gasteiger partial charge in [0.25, 0.3) is 5.91 Å². The Labute approximate surface area is 124 Å². The molecule has 1 aromatic rings. The van der Waals surface area contributed by atoms with Gasteiger partial charge in [-0.15, -0.1) is 0 Å². The Hall–Kier alpha value is -1.73. The summed E-state index contributed by atoms with van der Waals surface area (Å²) in [7, 11) is 0. The molecule has 21 heavy (non-hydrogen) atoms. The van der Waals surface area contributed by atoms with E-state index < -0.39 is 11.7 Å². The number of hydrogen-bond donors (Lipinski definition) is 1. The molecule has 6 nitrogen and oxygen atoms in total. The first-order valence-electron chi connectivity index (χ1n) is 6.96. The Kier molecular flexibility index (Phi) is 7.63. The molecule has 0 aliphatic carbocycles. The van der Waals surface area contributed by atoms with Crippen LogP contribution in [0.2, 0.25) is 0 Å². The van der Waals surface area contributed by atoms with E-state index in [9.17, 15) is 9.18 Å². The van der Waals surface area contributed by atoms with Crippen molar-refractivity contribution in [2.24, 2.45) is 0 Å². The van der Waals surface area contributed by atoms with Crippen LogP contribution >= 0.6 is 0 Å². The topological polar surface area (TPSA) is 77.7 Å². The summed E-state index contributed by atoms with van der Waals surface area (Å²) in [4.78, 5) is 17.5. The van der Waals surface area contributed by atoms with Gasteiger partial charge in [-0.25, -0.2) is 9.37 Å². The maximum Gasteiger partial charge on any atom is 0.257 e. The third-order valence-corrected chi connectivity index (χ3v) is 2.85. The molecule has 0 saturated heterocycles. The second-order valence-corrected chi connectivity index (χ2v) is 4.24. The first kappa shape index (κ1) is 17.3. The van der Waals surface area contributed by atoms with Crippen molar-refractivity contribution < 1.29 is 18.7 Å². The highest BCUT2D eigenvalue weighted by atomic mass is 19.1. The summed E-state index contributed by atoms with van der Waals surface area (Å²) in [6.07, 6.45) is 1.31. The Balaban J connectivity index is 2.79. The lowest BCUT2D eigenvalue weighted by atomic mass is 10.2. The number of carbonyl (C=O) groups is 1. The molecule has 1 amide bonds. The molecular formula is C14H22FN3O3. The van der Waals surface area contributed by atoms with Gasteiger partial charge in [0.05, 0.1) is 18.8 Å². The van der Waals surface area contributed by atoms with Crippen LogP contribution in [0.5, 0.6) is 0 Å². The average Bonchev–Trinajstić information content (AvgIpc) is 2.48. The van der Waals surface area contributed by atoms with Crippen molar-refractivity contribution in [1.29, 1.82) is 0 Å². The summed E-state index contributed by atoms with van der Waals surface area (Å²) < 4.78 is 24.4. The van der Waals surface area contributed by atoms with E-state index in [1.54, 1.807) is 0 Å². The van der Waals surface area contributed by atoms with Crippen LogP contribution in [0.25, 0.3) is 0 Å². The molecule has 0 aromatic carbocycles. The van der Waals surface area contributed by atoms with Crippen molar-refractivity contribution in [1.82, 2.24) is 9.88 Å². The van der Waals surface area contributed by atoms with E-state index in [-0.39, 0.29) is 11.4 Å². The first-order chi connectivity index (χ1) is 10.1.